The van der Waals surface area contributed by atoms with E-state index in [-0.39, 0.29) is 49.6 Å². The Morgan fingerprint density at radius 1 is 1.04 bits per heavy atom. The van der Waals surface area contributed by atoms with Crippen molar-refractivity contribution < 1.29 is 28.4 Å². The van der Waals surface area contributed by atoms with Gasteiger partial charge in [-0.25, -0.2) is 9.78 Å². The standard InChI is InChI=1S/C34H44N4O6S/c1-33(2,3)44-32(40)36-19-20-37(26(21-36)22-45(42)27-15-9-6-10-16-27)31(39)29-30(25-13-7-5-8-14-25)38(24-35-29)28-17-11-12-18-34(28,41)23-43-4/h5-10,13-16,24,26,28,41H,11-12,17-23H2,1-4H3/t26-,28+,34+,45?/m0/s1. The Labute approximate surface area is 267 Å². The van der Waals surface area contributed by atoms with Crippen LogP contribution in [0.3, 0.4) is 0 Å². The zero-order chi connectivity index (χ0) is 32.2. The first-order valence-electron chi connectivity index (χ1n) is 15.6. The summed E-state index contributed by atoms with van der Waals surface area (Å²) in [6.07, 6.45) is 4.32. The van der Waals surface area contributed by atoms with E-state index in [2.05, 4.69) is 4.98 Å². The summed E-state index contributed by atoms with van der Waals surface area (Å²) in [5.41, 5.74) is -0.0906. The Hall–Kier alpha value is -3.54. The number of amides is 2. The third-order valence-corrected chi connectivity index (χ3v) is 9.96. The van der Waals surface area contributed by atoms with Crippen LogP contribution in [0.4, 0.5) is 4.79 Å². The Kier molecular flexibility index (Phi) is 10.1. The first-order valence-corrected chi connectivity index (χ1v) is 16.9. The maximum atomic E-state index is 14.5. The number of hydrogen-bond donors (Lipinski definition) is 1. The maximum Gasteiger partial charge on any atom is 0.410 e. The van der Waals surface area contributed by atoms with Crippen molar-refractivity contribution >= 4 is 22.8 Å². The zero-order valence-corrected chi connectivity index (χ0v) is 27.4. The quantitative estimate of drug-likeness (QED) is 0.374. The second kappa shape index (κ2) is 13.8. The largest absolute Gasteiger partial charge is 0.444 e. The summed E-state index contributed by atoms with van der Waals surface area (Å²) in [6.45, 7) is 6.29. The third kappa shape index (κ3) is 7.48. The predicted molar refractivity (Wildman–Crippen MR) is 172 cm³/mol. The number of rotatable bonds is 8. The minimum Gasteiger partial charge on any atom is -0.444 e. The predicted octanol–water partition coefficient (Wildman–Crippen LogP) is 4.91. The minimum atomic E-state index is -1.42. The summed E-state index contributed by atoms with van der Waals surface area (Å²) in [4.78, 5) is 36.2. The second-order valence-electron chi connectivity index (χ2n) is 12.9. The highest BCUT2D eigenvalue weighted by Gasteiger charge is 2.43. The smallest absolute Gasteiger partial charge is 0.410 e. The number of carbonyl (C=O) groups is 2. The van der Waals surface area contributed by atoms with Gasteiger partial charge in [0.1, 0.15) is 11.2 Å². The molecule has 1 aliphatic heterocycles. The number of aromatic nitrogens is 2. The van der Waals surface area contributed by atoms with Crippen molar-refractivity contribution in [1.82, 2.24) is 19.4 Å². The SMILES string of the molecule is COC[C@]1(O)CCCC[C@H]1n1cnc(C(=O)N2CCN(C(=O)OC(C)(C)C)C[C@H]2CS(=O)c2ccccc2)c1-c1ccccc1. The van der Waals surface area contributed by atoms with Crippen molar-refractivity contribution in [3.63, 3.8) is 0 Å². The normalized spacial score (nSPS) is 23.0. The van der Waals surface area contributed by atoms with Crippen molar-refractivity contribution in [2.75, 3.05) is 39.1 Å². The summed E-state index contributed by atoms with van der Waals surface area (Å²) in [5.74, 6) is -0.162. The van der Waals surface area contributed by atoms with Crippen LogP contribution in [0.25, 0.3) is 11.3 Å². The van der Waals surface area contributed by atoms with Crippen LogP contribution in [-0.2, 0) is 20.3 Å². The first-order chi connectivity index (χ1) is 21.5. The summed E-state index contributed by atoms with van der Waals surface area (Å²) >= 11 is 0. The molecule has 1 saturated carbocycles. The molecule has 11 heteroatoms. The number of piperazine rings is 1. The lowest BCUT2D eigenvalue weighted by atomic mass is 9.80. The van der Waals surface area contributed by atoms with Gasteiger partial charge in [-0.3, -0.25) is 9.00 Å². The molecule has 2 amide bonds. The fourth-order valence-electron chi connectivity index (χ4n) is 6.39. The van der Waals surface area contributed by atoms with Crippen LogP contribution in [0.5, 0.6) is 0 Å². The van der Waals surface area contributed by atoms with Crippen LogP contribution < -0.4 is 0 Å². The number of carbonyl (C=O) groups excluding carboxylic acids is 2. The van der Waals surface area contributed by atoms with E-state index in [1.807, 2.05) is 73.9 Å². The average Bonchev–Trinajstić information content (AvgIpc) is 3.46. The van der Waals surface area contributed by atoms with Crippen molar-refractivity contribution in [3.8, 4) is 11.3 Å². The molecular formula is C34H44N4O6S. The van der Waals surface area contributed by atoms with Gasteiger partial charge < -0.3 is 28.9 Å². The molecule has 1 saturated heterocycles. The molecule has 5 rings (SSSR count). The fraction of sp³-hybridized carbons (Fsp3) is 0.500. The highest BCUT2D eigenvalue weighted by molar-refractivity contribution is 7.85. The topological polar surface area (TPSA) is 114 Å². The summed E-state index contributed by atoms with van der Waals surface area (Å²) < 4.78 is 26.6. The Morgan fingerprint density at radius 2 is 1.73 bits per heavy atom. The molecule has 1 unspecified atom stereocenters. The molecular weight excluding hydrogens is 592 g/mol. The minimum absolute atomic E-state index is 0.145. The van der Waals surface area contributed by atoms with Gasteiger partial charge in [-0.05, 0) is 45.7 Å². The number of aliphatic hydroxyl groups is 1. The van der Waals surface area contributed by atoms with Crippen LogP contribution >= 0.6 is 0 Å². The first kappa shape index (κ1) is 32.8. The van der Waals surface area contributed by atoms with Crippen molar-refractivity contribution in [2.24, 2.45) is 0 Å². The van der Waals surface area contributed by atoms with E-state index < -0.39 is 34.1 Å². The molecule has 45 heavy (non-hydrogen) atoms. The van der Waals surface area contributed by atoms with Crippen LogP contribution in [-0.4, -0.2) is 97.0 Å². The fourth-order valence-corrected chi connectivity index (χ4v) is 7.68. The molecule has 2 heterocycles. The highest BCUT2D eigenvalue weighted by atomic mass is 32.2. The molecule has 10 nitrogen and oxygen atoms in total. The molecule has 0 bridgehead atoms. The van der Waals surface area contributed by atoms with Gasteiger partial charge in [0, 0.05) is 37.2 Å². The van der Waals surface area contributed by atoms with Gasteiger partial charge in [-0.2, -0.15) is 0 Å². The zero-order valence-electron chi connectivity index (χ0n) is 26.6. The maximum absolute atomic E-state index is 14.5. The van der Waals surface area contributed by atoms with Crippen LogP contribution in [0.2, 0.25) is 0 Å². The van der Waals surface area contributed by atoms with E-state index in [9.17, 15) is 18.9 Å². The lowest BCUT2D eigenvalue weighted by Gasteiger charge is -2.42. The van der Waals surface area contributed by atoms with Crippen LogP contribution in [0.15, 0.2) is 71.9 Å². The van der Waals surface area contributed by atoms with Gasteiger partial charge in [0.15, 0.2) is 5.69 Å². The lowest BCUT2D eigenvalue weighted by Crippen LogP contribution is -2.58. The van der Waals surface area contributed by atoms with E-state index in [0.29, 0.717) is 17.0 Å². The van der Waals surface area contributed by atoms with E-state index in [1.54, 1.807) is 35.4 Å². The van der Waals surface area contributed by atoms with E-state index in [4.69, 9.17) is 9.47 Å². The monoisotopic (exact) mass is 636 g/mol. The Bertz CT molecular complexity index is 1490. The highest BCUT2D eigenvalue weighted by Crippen LogP contribution is 2.41. The number of imidazole rings is 1. The number of methoxy groups -OCH3 is 1. The molecule has 2 aliphatic rings. The summed E-state index contributed by atoms with van der Waals surface area (Å²) in [7, 11) is 0.165. The molecule has 4 atom stereocenters. The van der Waals surface area contributed by atoms with Crippen molar-refractivity contribution in [3.05, 3.63) is 72.7 Å². The van der Waals surface area contributed by atoms with Gasteiger partial charge in [0.25, 0.3) is 5.91 Å². The molecule has 1 aliphatic carbocycles. The molecule has 3 aromatic rings. The number of benzene rings is 2. The van der Waals surface area contributed by atoms with E-state index >= 15 is 0 Å². The van der Waals surface area contributed by atoms with Crippen LogP contribution in [0, 0.1) is 0 Å². The number of ether oxygens (including phenoxy) is 2. The van der Waals surface area contributed by atoms with Gasteiger partial charge in [0.05, 0.1) is 47.3 Å². The number of nitrogens with zero attached hydrogens (tertiary/aromatic N) is 4. The third-order valence-electron chi connectivity index (χ3n) is 8.48. The molecule has 1 aromatic heterocycles. The van der Waals surface area contributed by atoms with Crippen LogP contribution in [0.1, 0.15) is 63.0 Å². The van der Waals surface area contributed by atoms with Gasteiger partial charge in [-0.15, -0.1) is 0 Å². The second-order valence-corrected chi connectivity index (χ2v) is 14.4. The van der Waals surface area contributed by atoms with E-state index in [1.165, 1.54) is 0 Å². The Morgan fingerprint density at radius 3 is 2.40 bits per heavy atom. The van der Waals surface area contributed by atoms with Gasteiger partial charge in [0.2, 0.25) is 0 Å². The molecule has 2 aromatic carbocycles. The van der Waals surface area contributed by atoms with Gasteiger partial charge >= 0.3 is 6.09 Å². The van der Waals surface area contributed by atoms with Crippen molar-refractivity contribution in [1.29, 1.82) is 0 Å². The summed E-state index contributed by atoms with van der Waals surface area (Å²) in [5, 5.41) is 11.7. The number of hydrogen-bond acceptors (Lipinski definition) is 7. The summed E-state index contributed by atoms with van der Waals surface area (Å²) in [6, 6.07) is 17.9. The molecule has 0 spiro atoms. The van der Waals surface area contributed by atoms with E-state index in [0.717, 1.165) is 24.8 Å². The Balaban J connectivity index is 1.51. The van der Waals surface area contributed by atoms with Crippen molar-refractivity contribution in [2.45, 2.75) is 74.6 Å². The van der Waals surface area contributed by atoms with Gasteiger partial charge in [-0.1, -0.05) is 61.4 Å². The average molecular weight is 637 g/mol. The lowest BCUT2D eigenvalue weighted by molar-refractivity contribution is -0.0893. The molecule has 2 fully saturated rings. The molecule has 1 N–H and O–H groups in total. The molecule has 242 valence electrons. The molecule has 0 radical (unpaired) electrons.